The molecule has 0 atom stereocenters. The molecule has 0 aliphatic carbocycles. The van der Waals surface area contributed by atoms with E-state index in [2.05, 4.69) is 20.3 Å². The van der Waals surface area contributed by atoms with Crippen molar-refractivity contribution in [3.05, 3.63) is 57.8 Å². The molecule has 2 heterocycles. The van der Waals surface area contributed by atoms with E-state index < -0.39 is 18.5 Å². The summed E-state index contributed by atoms with van der Waals surface area (Å²) in [5.41, 5.74) is 1.93. The van der Waals surface area contributed by atoms with Gasteiger partial charge in [-0.05, 0) is 37.6 Å². The van der Waals surface area contributed by atoms with E-state index >= 15 is 0 Å². The number of ether oxygens (including phenoxy) is 1. The lowest BCUT2D eigenvalue weighted by atomic mass is 10.2. The Morgan fingerprint density at radius 1 is 1.22 bits per heavy atom. The van der Waals surface area contributed by atoms with Crippen LogP contribution in [0.25, 0.3) is 10.8 Å². The number of halogens is 1. The average molecular weight is 403 g/mol. The molecular weight excluding hydrogens is 388 g/mol. The molecule has 9 heteroatoms. The first-order valence-electron chi connectivity index (χ1n) is 7.92. The van der Waals surface area contributed by atoms with E-state index in [-0.39, 0.29) is 0 Å². The molecule has 0 fully saturated rings. The molecule has 0 unspecified atom stereocenters. The summed E-state index contributed by atoms with van der Waals surface area (Å²) in [5.74, 6) is -0.684. The van der Waals surface area contributed by atoms with Crippen LogP contribution in [0.2, 0.25) is 5.02 Å². The third kappa shape index (κ3) is 4.66. The van der Waals surface area contributed by atoms with Gasteiger partial charge in [0, 0.05) is 12.4 Å². The molecule has 1 N–H and O–H groups in total. The van der Waals surface area contributed by atoms with Gasteiger partial charge >= 0.3 is 5.97 Å². The van der Waals surface area contributed by atoms with Crippen LogP contribution in [0, 0.1) is 13.8 Å². The number of aryl methyl sites for hydroxylation is 2. The number of carbonyl (C=O) groups excluding carboxylic acids is 2. The van der Waals surface area contributed by atoms with Gasteiger partial charge in [0.1, 0.15) is 4.88 Å². The number of esters is 1. The minimum atomic E-state index is -0.627. The van der Waals surface area contributed by atoms with Gasteiger partial charge in [0.15, 0.2) is 17.4 Å². The van der Waals surface area contributed by atoms with Crippen LogP contribution in [0.4, 0.5) is 5.69 Å². The molecule has 0 spiro atoms. The topological polar surface area (TPSA) is 94.1 Å². The lowest BCUT2D eigenvalue weighted by Gasteiger charge is -2.08. The van der Waals surface area contributed by atoms with Crippen molar-refractivity contribution < 1.29 is 14.3 Å². The predicted octanol–water partition coefficient (Wildman–Crippen LogP) is 3.67. The molecule has 27 heavy (non-hydrogen) atoms. The second kappa shape index (κ2) is 8.24. The first-order valence-corrected chi connectivity index (χ1v) is 9.11. The number of nitrogens with zero attached hydrogens (tertiary/aromatic N) is 3. The van der Waals surface area contributed by atoms with Crippen LogP contribution in [0.3, 0.4) is 0 Å². The molecule has 0 saturated heterocycles. The third-order valence-electron chi connectivity index (χ3n) is 3.47. The Balaban J connectivity index is 1.62. The van der Waals surface area contributed by atoms with Crippen molar-refractivity contribution in [2.75, 3.05) is 11.9 Å². The van der Waals surface area contributed by atoms with Crippen LogP contribution >= 0.6 is 22.9 Å². The number of aromatic nitrogens is 3. The molecule has 3 rings (SSSR count). The maximum atomic E-state index is 12.3. The molecule has 2 aromatic heterocycles. The number of anilines is 1. The number of benzene rings is 1. The number of hydrogen-bond acceptors (Lipinski definition) is 7. The summed E-state index contributed by atoms with van der Waals surface area (Å²) in [5, 5.41) is 3.54. The van der Waals surface area contributed by atoms with Crippen LogP contribution in [-0.4, -0.2) is 33.4 Å². The first-order chi connectivity index (χ1) is 12.9. The zero-order valence-corrected chi connectivity index (χ0v) is 16.1. The summed E-state index contributed by atoms with van der Waals surface area (Å²) in [7, 11) is 0. The van der Waals surface area contributed by atoms with Gasteiger partial charge in [-0.1, -0.05) is 17.7 Å². The van der Waals surface area contributed by atoms with E-state index in [1.807, 2.05) is 13.0 Å². The number of nitrogens with one attached hydrogen (secondary N) is 1. The fourth-order valence-corrected chi connectivity index (χ4v) is 3.39. The minimum Gasteiger partial charge on any atom is -0.451 e. The summed E-state index contributed by atoms with van der Waals surface area (Å²) in [4.78, 5) is 37.1. The Labute approximate surface area is 164 Å². The highest BCUT2D eigenvalue weighted by Gasteiger charge is 2.19. The molecule has 0 aliphatic rings. The molecule has 138 valence electrons. The van der Waals surface area contributed by atoms with Crippen molar-refractivity contribution in [2.45, 2.75) is 13.8 Å². The maximum absolute atomic E-state index is 12.3. The minimum absolute atomic E-state index is 0.304. The molecule has 0 bridgehead atoms. The largest absolute Gasteiger partial charge is 0.451 e. The first kappa shape index (κ1) is 18.9. The zero-order valence-electron chi connectivity index (χ0n) is 14.5. The predicted molar refractivity (Wildman–Crippen MR) is 103 cm³/mol. The third-order valence-corrected chi connectivity index (χ3v) is 4.92. The second-order valence-electron chi connectivity index (χ2n) is 5.61. The van der Waals surface area contributed by atoms with Gasteiger partial charge in [-0.15, -0.1) is 11.3 Å². The molecule has 0 radical (unpaired) electrons. The summed E-state index contributed by atoms with van der Waals surface area (Å²) >= 11 is 7.19. The van der Waals surface area contributed by atoms with E-state index in [9.17, 15) is 9.59 Å². The van der Waals surface area contributed by atoms with Crippen molar-refractivity contribution in [3.8, 4) is 10.8 Å². The monoisotopic (exact) mass is 402 g/mol. The highest BCUT2D eigenvalue weighted by molar-refractivity contribution is 7.16. The quantitative estimate of drug-likeness (QED) is 0.654. The highest BCUT2D eigenvalue weighted by atomic mass is 35.5. The van der Waals surface area contributed by atoms with Crippen LogP contribution in [-0.2, 0) is 9.53 Å². The number of amides is 1. The molecule has 1 amide bonds. The fraction of sp³-hybridized carbons (Fsp3) is 0.167. The van der Waals surface area contributed by atoms with E-state index in [0.717, 1.165) is 16.9 Å². The summed E-state index contributed by atoms with van der Waals surface area (Å²) < 4.78 is 5.09. The summed E-state index contributed by atoms with van der Waals surface area (Å²) in [6.07, 6.45) is 3.19. The molecule has 0 aliphatic heterocycles. The van der Waals surface area contributed by atoms with Gasteiger partial charge in [0.05, 0.1) is 16.4 Å². The van der Waals surface area contributed by atoms with Gasteiger partial charge in [-0.2, -0.15) is 0 Å². The van der Waals surface area contributed by atoms with E-state index in [1.54, 1.807) is 37.5 Å². The van der Waals surface area contributed by atoms with Crippen molar-refractivity contribution >= 4 is 40.5 Å². The fourth-order valence-electron chi connectivity index (χ4n) is 2.20. The average Bonchev–Trinajstić information content (AvgIpc) is 3.05. The maximum Gasteiger partial charge on any atom is 0.350 e. The Morgan fingerprint density at radius 2 is 1.96 bits per heavy atom. The van der Waals surface area contributed by atoms with Crippen LogP contribution in [0.1, 0.15) is 20.9 Å². The Bertz CT molecular complexity index is 992. The van der Waals surface area contributed by atoms with Gasteiger partial charge in [-0.25, -0.2) is 19.7 Å². The number of rotatable bonds is 5. The zero-order chi connectivity index (χ0) is 19.4. The van der Waals surface area contributed by atoms with Crippen molar-refractivity contribution in [1.29, 1.82) is 0 Å². The van der Waals surface area contributed by atoms with Gasteiger partial charge in [0.25, 0.3) is 5.91 Å². The summed E-state index contributed by atoms with van der Waals surface area (Å²) in [6.45, 7) is 3.15. The van der Waals surface area contributed by atoms with Crippen molar-refractivity contribution in [3.63, 3.8) is 0 Å². The summed E-state index contributed by atoms with van der Waals surface area (Å²) in [6, 6.07) is 6.94. The molecule has 7 nitrogen and oxygen atoms in total. The lowest BCUT2D eigenvalue weighted by molar-refractivity contribution is -0.119. The van der Waals surface area contributed by atoms with Crippen LogP contribution in [0.5, 0.6) is 0 Å². The molecular formula is C18H15ClN4O3S. The van der Waals surface area contributed by atoms with Crippen LogP contribution in [0.15, 0.2) is 36.7 Å². The number of hydrogen-bond donors (Lipinski definition) is 1. The highest BCUT2D eigenvalue weighted by Crippen LogP contribution is 2.26. The Kier molecular flexibility index (Phi) is 5.78. The lowest BCUT2D eigenvalue weighted by Crippen LogP contribution is -2.21. The molecule has 0 saturated carbocycles. The standard InChI is InChI=1S/C18H15ClN4O3S/c1-10-4-5-13(12(19)8-10)23-14(24)9-26-18(25)15-11(2)22-17(27-15)16-20-6-3-7-21-16/h3-8H,9H2,1-2H3,(H,23,24). The number of carbonyl (C=O) groups is 2. The number of thiazole rings is 1. The Hall–Kier alpha value is -2.84. The van der Waals surface area contributed by atoms with Gasteiger partial charge < -0.3 is 10.1 Å². The SMILES string of the molecule is Cc1ccc(NC(=O)COC(=O)c2sc(-c3ncccn3)nc2C)c(Cl)c1. The normalized spacial score (nSPS) is 10.5. The van der Waals surface area contributed by atoms with E-state index in [4.69, 9.17) is 16.3 Å². The van der Waals surface area contributed by atoms with Crippen molar-refractivity contribution in [2.24, 2.45) is 0 Å². The van der Waals surface area contributed by atoms with Gasteiger partial charge in [0.2, 0.25) is 0 Å². The Morgan fingerprint density at radius 3 is 2.67 bits per heavy atom. The smallest absolute Gasteiger partial charge is 0.350 e. The van der Waals surface area contributed by atoms with Crippen LogP contribution < -0.4 is 5.32 Å². The van der Waals surface area contributed by atoms with Gasteiger partial charge in [-0.3, -0.25) is 4.79 Å². The molecule has 3 aromatic rings. The van der Waals surface area contributed by atoms with E-state index in [1.165, 1.54) is 0 Å². The van der Waals surface area contributed by atoms with E-state index in [0.29, 0.717) is 32.1 Å². The molecule has 1 aromatic carbocycles. The second-order valence-corrected chi connectivity index (χ2v) is 7.02. The van der Waals surface area contributed by atoms with Crippen molar-refractivity contribution in [1.82, 2.24) is 15.0 Å².